The van der Waals surface area contributed by atoms with Gasteiger partial charge in [-0.25, -0.2) is 9.97 Å². The highest BCUT2D eigenvalue weighted by atomic mass is 16.5. The predicted octanol–water partition coefficient (Wildman–Crippen LogP) is 3.83. The third-order valence-electron chi connectivity index (χ3n) is 7.14. The Balaban J connectivity index is 1.47. The Labute approximate surface area is 205 Å². The van der Waals surface area contributed by atoms with Crippen LogP contribution in [0.2, 0.25) is 0 Å². The van der Waals surface area contributed by atoms with Crippen molar-refractivity contribution >= 4 is 28.4 Å². The molecule has 1 aliphatic heterocycles. The van der Waals surface area contributed by atoms with E-state index in [1.54, 1.807) is 7.11 Å². The van der Waals surface area contributed by atoms with E-state index in [9.17, 15) is 4.79 Å². The molecule has 2 fully saturated rings. The molecule has 1 aliphatic carbocycles. The molecule has 1 aromatic carbocycles. The highest BCUT2D eigenvalue weighted by molar-refractivity contribution is 6.04. The summed E-state index contributed by atoms with van der Waals surface area (Å²) in [6.07, 6.45) is 5.64. The van der Waals surface area contributed by atoms with Gasteiger partial charge >= 0.3 is 0 Å². The number of aromatic amines is 1. The number of likely N-dealkylation sites (tertiary alicyclic amines) is 1. The van der Waals surface area contributed by atoms with Gasteiger partial charge in [-0.05, 0) is 63.4 Å². The van der Waals surface area contributed by atoms with Crippen LogP contribution in [0.25, 0.3) is 11.0 Å². The van der Waals surface area contributed by atoms with Gasteiger partial charge in [-0.2, -0.15) is 0 Å². The number of aromatic nitrogens is 3. The summed E-state index contributed by atoms with van der Waals surface area (Å²) in [5.74, 6) is 6.79. The molecule has 0 bridgehead atoms. The van der Waals surface area contributed by atoms with Crippen molar-refractivity contribution in [1.29, 1.82) is 0 Å². The number of carbonyl (C=O) groups is 1. The third-order valence-corrected chi connectivity index (χ3v) is 7.14. The summed E-state index contributed by atoms with van der Waals surface area (Å²) in [5.41, 5.74) is 10.6. The molecule has 1 saturated heterocycles. The minimum Gasteiger partial charge on any atom is -0.383 e. The summed E-state index contributed by atoms with van der Waals surface area (Å²) in [7, 11) is 3.78. The maximum atomic E-state index is 12.9. The molecule has 1 unspecified atom stereocenters. The molecule has 182 valence electrons. The lowest BCUT2D eigenvalue weighted by Crippen LogP contribution is -2.34. The van der Waals surface area contributed by atoms with Crippen LogP contribution in [0, 0.1) is 11.8 Å². The fraction of sp³-hybridized carbons (Fsp3) is 0.444. The lowest BCUT2D eigenvalue weighted by atomic mass is 9.98. The third kappa shape index (κ3) is 4.75. The van der Waals surface area contributed by atoms with Crippen molar-refractivity contribution in [2.45, 2.75) is 57.1 Å². The molecule has 8 heteroatoms. The van der Waals surface area contributed by atoms with E-state index in [1.807, 2.05) is 24.3 Å². The van der Waals surface area contributed by atoms with Gasteiger partial charge in [-0.15, -0.1) is 0 Å². The number of ether oxygens (including phenoxy) is 1. The van der Waals surface area contributed by atoms with E-state index >= 15 is 0 Å². The number of amides is 1. The molecule has 3 aromatic rings. The first-order chi connectivity index (χ1) is 16.9. The van der Waals surface area contributed by atoms with Crippen molar-refractivity contribution in [2.24, 2.45) is 0 Å². The van der Waals surface area contributed by atoms with Crippen LogP contribution in [0.3, 0.4) is 0 Å². The second-order valence-corrected chi connectivity index (χ2v) is 9.94. The Morgan fingerprint density at radius 3 is 2.74 bits per heavy atom. The topological polar surface area (TPSA) is 109 Å². The lowest BCUT2D eigenvalue weighted by Gasteiger charge is -2.28. The van der Waals surface area contributed by atoms with E-state index in [-0.39, 0.29) is 23.1 Å². The SMILES string of the molecule is COCc1ccc(NC(=O)c2nc(N)c3c(C#CC4CCCCN4C)c(C4(C)CC4)[nH]c3n2)cc1. The Kier molecular flexibility index (Phi) is 6.22. The Morgan fingerprint density at radius 2 is 2.06 bits per heavy atom. The smallest absolute Gasteiger partial charge is 0.293 e. The maximum Gasteiger partial charge on any atom is 0.293 e. The fourth-order valence-electron chi connectivity index (χ4n) is 4.69. The molecule has 1 amide bonds. The van der Waals surface area contributed by atoms with Crippen LogP contribution in [-0.2, 0) is 16.8 Å². The van der Waals surface area contributed by atoms with Crippen molar-refractivity contribution in [3.8, 4) is 11.8 Å². The van der Waals surface area contributed by atoms with Gasteiger partial charge in [-0.1, -0.05) is 30.9 Å². The zero-order valence-electron chi connectivity index (χ0n) is 20.6. The first kappa shape index (κ1) is 23.3. The lowest BCUT2D eigenvalue weighted by molar-refractivity contribution is 0.101. The molecule has 3 heterocycles. The summed E-state index contributed by atoms with van der Waals surface area (Å²) in [6, 6.07) is 7.69. The van der Waals surface area contributed by atoms with Crippen molar-refractivity contribution in [3.63, 3.8) is 0 Å². The number of carbonyl (C=O) groups excluding carboxylic acids is 1. The fourth-order valence-corrected chi connectivity index (χ4v) is 4.69. The summed E-state index contributed by atoms with van der Waals surface area (Å²) in [5, 5.41) is 3.56. The largest absolute Gasteiger partial charge is 0.383 e. The number of nitrogens with two attached hydrogens (primary N) is 1. The summed E-state index contributed by atoms with van der Waals surface area (Å²) < 4.78 is 5.13. The van der Waals surface area contributed by atoms with E-state index in [2.05, 4.69) is 51.0 Å². The van der Waals surface area contributed by atoms with Crippen molar-refractivity contribution in [3.05, 3.63) is 46.9 Å². The summed E-state index contributed by atoms with van der Waals surface area (Å²) >= 11 is 0. The number of nitrogens with one attached hydrogen (secondary N) is 2. The number of H-pyrrole nitrogens is 1. The molecule has 2 aliphatic rings. The van der Waals surface area contributed by atoms with Crippen molar-refractivity contribution in [2.75, 3.05) is 31.8 Å². The molecule has 35 heavy (non-hydrogen) atoms. The van der Waals surface area contributed by atoms with E-state index in [0.717, 1.165) is 42.6 Å². The van der Waals surface area contributed by atoms with Crippen LogP contribution >= 0.6 is 0 Å². The number of rotatable bonds is 5. The Morgan fingerprint density at radius 1 is 1.29 bits per heavy atom. The molecular formula is C27H32N6O2. The van der Waals surface area contributed by atoms with Crippen LogP contribution in [0.1, 0.15) is 66.5 Å². The van der Waals surface area contributed by atoms with E-state index in [4.69, 9.17) is 10.5 Å². The number of fused-ring (bicyclic) bond motifs is 1. The highest BCUT2D eigenvalue weighted by Gasteiger charge is 2.43. The number of nitrogens with zero attached hydrogens (tertiary/aromatic N) is 3. The number of nitrogen functional groups attached to an aromatic ring is 1. The first-order valence-corrected chi connectivity index (χ1v) is 12.2. The van der Waals surface area contributed by atoms with E-state index < -0.39 is 5.91 Å². The van der Waals surface area contributed by atoms with Gasteiger partial charge in [-0.3, -0.25) is 9.69 Å². The van der Waals surface area contributed by atoms with Crippen molar-refractivity contribution < 1.29 is 9.53 Å². The molecule has 0 radical (unpaired) electrons. The summed E-state index contributed by atoms with van der Waals surface area (Å²) in [4.78, 5) is 27.6. The number of hydrogen-bond donors (Lipinski definition) is 3. The van der Waals surface area contributed by atoms with E-state index in [0.29, 0.717) is 23.3 Å². The number of methoxy groups -OCH3 is 1. The number of anilines is 2. The van der Waals surface area contributed by atoms with Crippen molar-refractivity contribution in [1.82, 2.24) is 19.9 Å². The minimum absolute atomic E-state index is 0.0243. The van der Waals surface area contributed by atoms with Gasteiger partial charge in [0.05, 0.1) is 23.6 Å². The minimum atomic E-state index is -0.414. The molecule has 4 N–H and O–H groups in total. The van der Waals surface area contributed by atoms with Gasteiger partial charge in [0.1, 0.15) is 11.5 Å². The maximum absolute atomic E-state index is 12.9. The number of benzene rings is 1. The average molecular weight is 473 g/mol. The van der Waals surface area contributed by atoms with Crippen LogP contribution in [0.4, 0.5) is 11.5 Å². The molecule has 1 atom stereocenters. The number of piperidine rings is 1. The molecule has 5 rings (SSSR count). The molecule has 1 saturated carbocycles. The van der Waals surface area contributed by atoms with Gasteiger partial charge < -0.3 is 20.8 Å². The highest BCUT2D eigenvalue weighted by Crippen LogP contribution is 2.49. The standard InChI is InChI=1S/C27H32N6O2/c1-27(13-14-27)22-20(12-11-19-6-4-5-15-33(19)2)21-23(28)31-25(32-24(21)30-22)26(34)29-18-9-7-17(8-10-18)16-35-3/h7-10,19H,4-6,13-16H2,1-3H3,(H,29,34)(H3,28,30,31,32). The van der Waals surface area contributed by atoms with Crippen LogP contribution in [0.5, 0.6) is 0 Å². The van der Waals surface area contributed by atoms with Crippen LogP contribution in [-0.4, -0.2) is 52.5 Å². The van der Waals surface area contributed by atoms with Gasteiger partial charge in [0.2, 0.25) is 5.82 Å². The Hall–Kier alpha value is -3.41. The second-order valence-electron chi connectivity index (χ2n) is 9.94. The zero-order valence-corrected chi connectivity index (χ0v) is 20.6. The zero-order chi connectivity index (χ0) is 24.6. The second kappa shape index (κ2) is 9.33. The van der Waals surface area contributed by atoms with Crippen LogP contribution in [0.15, 0.2) is 24.3 Å². The quantitative estimate of drug-likeness (QED) is 0.487. The van der Waals surface area contributed by atoms with E-state index in [1.165, 1.54) is 12.8 Å². The normalized spacial score (nSPS) is 19.2. The average Bonchev–Trinajstić information content (AvgIpc) is 3.47. The van der Waals surface area contributed by atoms with Gasteiger partial charge in [0, 0.05) is 23.9 Å². The molecule has 2 aromatic heterocycles. The predicted molar refractivity (Wildman–Crippen MR) is 137 cm³/mol. The first-order valence-electron chi connectivity index (χ1n) is 12.2. The van der Waals surface area contributed by atoms with Gasteiger partial charge in [0.25, 0.3) is 5.91 Å². The van der Waals surface area contributed by atoms with Gasteiger partial charge in [0.15, 0.2) is 0 Å². The monoisotopic (exact) mass is 472 g/mol. The van der Waals surface area contributed by atoms with Crippen LogP contribution < -0.4 is 11.1 Å². The number of hydrogen-bond acceptors (Lipinski definition) is 6. The molecular weight excluding hydrogens is 440 g/mol. The summed E-state index contributed by atoms with van der Waals surface area (Å²) in [6.45, 7) is 3.80. The molecule has 8 nitrogen and oxygen atoms in total. The Bertz CT molecular complexity index is 1310. The molecule has 0 spiro atoms.